The zero-order valence-electron chi connectivity index (χ0n) is 14.8. The molecule has 0 bridgehead atoms. The van der Waals surface area contributed by atoms with Crippen molar-refractivity contribution in [1.29, 1.82) is 0 Å². The number of rotatable bonds is 2. The lowest BCUT2D eigenvalue weighted by atomic mass is 9.44. The van der Waals surface area contributed by atoms with Crippen LogP contribution in [-0.4, -0.2) is 36.1 Å². The summed E-state index contributed by atoms with van der Waals surface area (Å²) in [6.45, 7) is 3.23. The van der Waals surface area contributed by atoms with Crippen LogP contribution in [0.1, 0.15) is 64.7 Å². The molecular formula is C20H34O3. The second-order valence-electron chi connectivity index (χ2n) is 9.38. The van der Waals surface area contributed by atoms with E-state index in [4.69, 9.17) is 4.74 Å². The number of ether oxygens (including phenoxy) is 1. The summed E-state index contributed by atoms with van der Waals surface area (Å²) >= 11 is 0. The molecule has 0 amide bonds. The lowest BCUT2D eigenvalue weighted by Gasteiger charge is -2.61. The molecule has 0 aliphatic heterocycles. The maximum atomic E-state index is 10.6. The first-order chi connectivity index (χ1) is 11.0. The summed E-state index contributed by atoms with van der Waals surface area (Å²) in [5.74, 6) is 2.87. The minimum Gasteiger partial charge on any atom is -0.393 e. The van der Waals surface area contributed by atoms with Gasteiger partial charge in [0.05, 0.1) is 18.8 Å². The Hall–Kier alpha value is -0.120. The lowest BCUT2D eigenvalue weighted by molar-refractivity contribution is -0.162. The van der Waals surface area contributed by atoms with Gasteiger partial charge >= 0.3 is 0 Å². The Morgan fingerprint density at radius 2 is 1.78 bits per heavy atom. The number of aliphatic hydroxyl groups excluding tert-OH is 2. The van der Waals surface area contributed by atoms with Gasteiger partial charge in [-0.15, -0.1) is 0 Å². The maximum Gasteiger partial charge on any atom is 0.0596 e. The van der Waals surface area contributed by atoms with Gasteiger partial charge in [0.15, 0.2) is 0 Å². The minimum atomic E-state index is -0.0938. The Balaban J connectivity index is 1.65. The van der Waals surface area contributed by atoms with Crippen LogP contribution >= 0.6 is 0 Å². The lowest BCUT2D eigenvalue weighted by Crippen LogP contribution is -2.57. The fraction of sp³-hybridized carbons (Fsp3) is 1.00. The molecule has 0 heterocycles. The van der Waals surface area contributed by atoms with Crippen molar-refractivity contribution in [1.82, 2.24) is 0 Å². The fourth-order valence-electron chi connectivity index (χ4n) is 7.55. The molecule has 0 radical (unpaired) electrons. The molecular weight excluding hydrogens is 288 g/mol. The molecule has 4 saturated carbocycles. The second kappa shape index (κ2) is 5.71. The molecule has 0 aromatic carbocycles. The zero-order valence-corrected chi connectivity index (χ0v) is 14.8. The van der Waals surface area contributed by atoms with Crippen LogP contribution in [0, 0.1) is 34.5 Å². The largest absolute Gasteiger partial charge is 0.393 e. The normalized spacial score (nSPS) is 55.8. The van der Waals surface area contributed by atoms with Gasteiger partial charge in [-0.05, 0) is 92.3 Å². The van der Waals surface area contributed by atoms with Crippen molar-refractivity contribution in [2.24, 2.45) is 34.5 Å². The summed E-state index contributed by atoms with van der Waals surface area (Å²) in [7, 11) is 1.85. The van der Waals surface area contributed by atoms with Crippen LogP contribution < -0.4 is 0 Å². The first-order valence-corrected chi connectivity index (χ1v) is 9.86. The molecule has 4 aliphatic carbocycles. The van der Waals surface area contributed by atoms with Gasteiger partial charge in [0, 0.05) is 7.11 Å². The van der Waals surface area contributed by atoms with Crippen molar-refractivity contribution in [3.05, 3.63) is 0 Å². The van der Waals surface area contributed by atoms with Gasteiger partial charge < -0.3 is 14.9 Å². The molecule has 132 valence electrons. The second-order valence-corrected chi connectivity index (χ2v) is 9.38. The molecule has 0 aromatic rings. The van der Waals surface area contributed by atoms with E-state index in [1.54, 1.807) is 0 Å². The molecule has 8 atom stereocenters. The van der Waals surface area contributed by atoms with Crippen molar-refractivity contribution >= 4 is 0 Å². The predicted molar refractivity (Wildman–Crippen MR) is 89.9 cm³/mol. The average Bonchev–Trinajstić information content (AvgIpc) is 2.84. The molecule has 0 saturated heterocycles. The Morgan fingerprint density at radius 1 is 0.957 bits per heavy atom. The van der Waals surface area contributed by atoms with Crippen molar-refractivity contribution in [2.75, 3.05) is 13.7 Å². The summed E-state index contributed by atoms with van der Waals surface area (Å²) in [4.78, 5) is 0. The van der Waals surface area contributed by atoms with Gasteiger partial charge in [0.25, 0.3) is 0 Å². The summed E-state index contributed by atoms with van der Waals surface area (Å²) < 4.78 is 5.75. The zero-order chi connectivity index (χ0) is 16.2. The van der Waals surface area contributed by atoms with E-state index in [9.17, 15) is 10.2 Å². The first-order valence-electron chi connectivity index (χ1n) is 9.86. The molecule has 2 N–H and O–H groups in total. The molecule has 4 rings (SSSR count). The highest BCUT2D eigenvalue weighted by Gasteiger charge is 2.61. The third-order valence-electron chi connectivity index (χ3n) is 8.70. The van der Waals surface area contributed by atoms with E-state index in [1.807, 2.05) is 7.11 Å². The number of aliphatic hydroxyl groups is 2. The number of hydrogen-bond donors (Lipinski definition) is 2. The third-order valence-corrected chi connectivity index (χ3v) is 8.70. The SMILES string of the molecule is COC[C@]12CCC(O)CC1CC[C@@H]1[C@H]2CC[C@]2(C)C(O)CC[C@@H]12. The Kier molecular flexibility index (Phi) is 4.06. The number of hydrogen-bond acceptors (Lipinski definition) is 3. The van der Waals surface area contributed by atoms with E-state index in [0.717, 1.165) is 44.1 Å². The molecule has 3 nitrogen and oxygen atoms in total. The van der Waals surface area contributed by atoms with Gasteiger partial charge in [-0.1, -0.05) is 6.92 Å². The van der Waals surface area contributed by atoms with Gasteiger partial charge in [0.1, 0.15) is 0 Å². The van der Waals surface area contributed by atoms with Crippen molar-refractivity contribution in [3.63, 3.8) is 0 Å². The molecule has 3 unspecified atom stereocenters. The van der Waals surface area contributed by atoms with Crippen LogP contribution in [0.25, 0.3) is 0 Å². The Labute approximate surface area is 140 Å². The van der Waals surface area contributed by atoms with Gasteiger partial charge in [-0.3, -0.25) is 0 Å². The standard InChI is InChI=1S/C20H34O3/c1-19-9-8-17-15(16(19)5-6-18(19)22)4-3-13-11-14(21)7-10-20(13,17)12-23-2/h13-18,21-22H,3-12H2,1-2H3/t13?,14?,15-,16-,17+,18?,19-,20+/m0/s1. The van der Waals surface area contributed by atoms with E-state index in [-0.39, 0.29) is 17.6 Å². The maximum absolute atomic E-state index is 10.6. The van der Waals surface area contributed by atoms with Crippen molar-refractivity contribution < 1.29 is 14.9 Å². The van der Waals surface area contributed by atoms with E-state index >= 15 is 0 Å². The summed E-state index contributed by atoms with van der Waals surface area (Å²) in [6, 6.07) is 0. The quantitative estimate of drug-likeness (QED) is 0.819. The Morgan fingerprint density at radius 3 is 2.57 bits per heavy atom. The van der Waals surface area contributed by atoms with E-state index in [1.165, 1.54) is 32.1 Å². The first kappa shape index (κ1) is 16.4. The Bertz CT molecular complexity index is 452. The summed E-state index contributed by atoms with van der Waals surface area (Å²) in [6.07, 6.45) is 10.1. The minimum absolute atomic E-state index is 0.0854. The molecule has 0 aromatic heterocycles. The van der Waals surface area contributed by atoms with Crippen molar-refractivity contribution in [3.8, 4) is 0 Å². The molecule has 4 fully saturated rings. The van der Waals surface area contributed by atoms with Gasteiger partial charge in [0.2, 0.25) is 0 Å². The highest BCUT2D eigenvalue weighted by molar-refractivity contribution is 5.10. The number of methoxy groups -OCH3 is 1. The van der Waals surface area contributed by atoms with E-state index < -0.39 is 0 Å². The van der Waals surface area contributed by atoms with Gasteiger partial charge in [-0.25, -0.2) is 0 Å². The van der Waals surface area contributed by atoms with Crippen molar-refractivity contribution in [2.45, 2.75) is 76.9 Å². The fourth-order valence-corrected chi connectivity index (χ4v) is 7.55. The van der Waals surface area contributed by atoms with E-state index in [2.05, 4.69) is 6.92 Å². The highest BCUT2D eigenvalue weighted by Crippen LogP contribution is 2.66. The highest BCUT2D eigenvalue weighted by atomic mass is 16.5. The summed E-state index contributed by atoms with van der Waals surface area (Å²) in [5.41, 5.74) is 0.461. The monoisotopic (exact) mass is 322 g/mol. The molecule has 3 heteroatoms. The third kappa shape index (κ3) is 2.26. The molecule has 23 heavy (non-hydrogen) atoms. The van der Waals surface area contributed by atoms with Crippen LogP contribution in [0.3, 0.4) is 0 Å². The van der Waals surface area contributed by atoms with Crippen LogP contribution in [0.2, 0.25) is 0 Å². The van der Waals surface area contributed by atoms with Crippen LogP contribution in [0.5, 0.6) is 0 Å². The smallest absolute Gasteiger partial charge is 0.0596 e. The molecule has 4 aliphatic rings. The predicted octanol–water partition coefficient (Wildman–Crippen LogP) is 3.38. The summed E-state index contributed by atoms with van der Waals surface area (Å²) in [5, 5.41) is 20.7. The van der Waals surface area contributed by atoms with Gasteiger partial charge in [-0.2, -0.15) is 0 Å². The number of fused-ring (bicyclic) bond motifs is 5. The molecule has 0 spiro atoms. The van der Waals surface area contributed by atoms with Crippen LogP contribution in [0.4, 0.5) is 0 Å². The van der Waals surface area contributed by atoms with Crippen LogP contribution in [-0.2, 0) is 4.74 Å². The average molecular weight is 322 g/mol. The topological polar surface area (TPSA) is 49.7 Å². The van der Waals surface area contributed by atoms with E-state index in [0.29, 0.717) is 17.3 Å². The van der Waals surface area contributed by atoms with Crippen LogP contribution in [0.15, 0.2) is 0 Å².